The van der Waals surface area contributed by atoms with E-state index in [-0.39, 0.29) is 10.9 Å². The van der Waals surface area contributed by atoms with Gasteiger partial charge in [-0.05, 0) is 61.4 Å². The smallest absolute Gasteiger partial charge is 0.246 e. The highest BCUT2D eigenvalue weighted by molar-refractivity contribution is 7.89. The van der Waals surface area contributed by atoms with Gasteiger partial charge in [-0.15, -0.1) is 0 Å². The summed E-state index contributed by atoms with van der Waals surface area (Å²) in [4.78, 5) is 6.70. The molecule has 1 atom stereocenters. The summed E-state index contributed by atoms with van der Waals surface area (Å²) >= 11 is 5.90. The molecule has 2 aromatic carbocycles. The Morgan fingerprint density at radius 2 is 2.00 bits per heavy atom. The van der Waals surface area contributed by atoms with Crippen LogP contribution in [0.5, 0.6) is 0 Å². The van der Waals surface area contributed by atoms with Gasteiger partial charge in [0.25, 0.3) is 0 Å². The van der Waals surface area contributed by atoms with Crippen LogP contribution in [0.4, 0.5) is 5.69 Å². The van der Waals surface area contributed by atoms with Crippen LogP contribution in [-0.2, 0) is 23.0 Å². The van der Waals surface area contributed by atoms with Gasteiger partial charge in [0, 0.05) is 22.3 Å². The number of aromatic nitrogens is 2. The maximum atomic E-state index is 11.6. The van der Waals surface area contributed by atoms with Gasteiger partial charge in [0.2, 0.25) is 21.7 Å². The number of hydrogen-bond acceptors (Lipinski definition) is 6. The lowest BCUT2D eigenvalue weighted by Crippen LogP contribution is -2.28. The molecule has 0 saturated heterocycles. The van der Waals surface area contributed by atoms with Gasteiger partial charge in [-0.25, -0.2) is 13.6 Å². The van der Waals surface area contributed by atoms with Crippen LogP contribution in [-0.4, -0.2) is 24.6 Å². The van der Waals surface area contributed by atoms with Crippen molar-refractivity contribution in [2.75, 3.05) is 4.90 Å². The number of halogens is 1. The van der Waals surface area contributed by atoms with Crippen LogP contribution in [0.25, 0.3) is 11.4 Å². The van der Waals surface area contributed by atoms with Gasteiger partial charge in [-0.1, -0.05) is 16.8 Å². The minimum absolute atomic E-state index is 0.123. The number of anilines is 1. The average Bonchev–Trinajstić information content (AvgIpc) is 3.20. The predicted molar refractivity (Wildman–Crippen MR) is 102 cm³/mol. The fourth-order valence-corrected chi connectivity index (χ4v) is 3.96. The molecule has 4 rings (SSSR count). The Bertz CT molecular complexity index is 1100. The van der Waals surface area contributed by atoms with E-state index in [9.17, 15) is 8.42 Å². The number of nitrogens with zero attached hydrogens (tertiary/aromatic N) is 3. The van der Waals surface area contributed by atoms with Crippen molar-refractivity contribution in [1.82, 2.24) is 10.1 Å². The molecule has 0 amide bonds. The van der Waals surface area contributed by atoms with Gasteiger partial charge >= 0.3 is 0 Å². The van der Waals surface area contributed by atoms with Crippen molar-refractivity contribution in [1.29, 1.82) is 0 Å². The summed E-state index contributed by atoms with van der Waals surface area (Å²) in [5.74, 6) is 0.980. The zero-order valence-corrected chi connectivity index (χ0v) is 16.0. The number of nitrogens with two attached hydrogens (primary N) is 1. The molecule has 2 N–H and O–H groups in total. The normalized spacial score (nSPS) is 16.6. The molecule has 2 heterocycles. The van der Waals surface area contributed by atoms with E-state index in [4.69, 9.17) is 21.3 Å². The molecule has 0 bridgehead atoms. The number of hydrogen-bond donors (Lipinski definition) is 1. The molecule has 0 unspecified atom stereocenters. The van der Waals surface area contributed by atoms with Gasteiger partial charge in [-0.3, -0.25) is 0 Å². The molecule has 140 valence electrons. The number of sulfonamides is 1. The first kappa shape index (κ1) is 18.0. The molecular formula is C18H17ClN4O3S. The van der Waals surface area contributed by atoms with Crippen molar-refractivity contribution in [2.45, 2.75) is 30.8 Å². The summed E-state index contributed by atoms with van der Waals surface area (Å²) in [5.41, 5.74) is 2.70. The molecule has 27 heavy (non-hydrogen) atoms. The van der Waals surface area contributed by atoms with Crippen LogP contribution in [0.3, 0.4) is 0 Å². The molecule has 0 fully saturated rings. The fourth-order valence-electron chi connectivity index (χ4n) is 3.27. The van der Waals surface area contributed by atoms with Crippen molar-refractivity contribution < 1.29 is 12.9 Å². The first-order valence-corrected chi connectivity index (χ1v) is 10.2. The molecule has 0 spiro atoms. The van der Waals surface area contributed by atoms with Crippen molar-refractivity contribution in [3.05, 3.63) is 58.9 Å². The van der Waals surface area contributed by atoms with Gasteiger partial charge in [-0.2, -0.15) is 4.98 Å². The highest BCUT2D eigenvalue weighted by atomic mass is 35.5. The second kappa shape index (κ2) is 6.63. The molecule has 9 heteroatoms. The van der Waals surface area contributed by atoms with Crippen LogP contribution in [0.2, 0.25) is 5.02 Å². The Kier molecular flexibility index (Phi) is 4.41. The second-order valence-corrected chi connectivity index (χ2v) is 8.53. The largest absolute Gasteiger partial charge is 0.359 e. The lowest BCUT2D eigenvalue weighted by Gasteiger charge is -2.22. The van der Waals surface area contributed by atoms with Crippen molar-refractivity contribution in [2.24, 2.45) is 5.14 Å². The number of benzene rings is 2. The van der Waals surface area contributed by atoms with E-state index in [1.165, 1.54) is 6.07 Å². The molecule has 1 aliphatic rings. The first-order valence-electron chi connectivity index (χ1n) is 8.32. The maximum absolute atomic E-state index is 11.6. The first-order chi connectivity index (χ1) is 12.8. The summed E-state index contributed by atoms with van der Waals surface area (Å²) in [7, 11) is -3.72. The molecule has 7 nitrogen and oxygen atoms in total. The molecule has 0 aliphatic carbocycles. The highest BCUT2D eigenvalue weighted by Crippen LogP contribution is 2.34. The van der Waals surface area contributed by atoms with E-state index in [0.717, 1.165) is 23.2 Å². The summed E-state index contributed by atoms with van der Waals surface area (Å²) in [6.07, 6.45) is 0.719. The third-order valence-electron chi connectivity index (χ3n) is 4.61. The fraction of sp³-hybridized carbons (Fsp3) is 0.222. The van der Waals surface area contributed by atoms with E-state index in [1.807, 2.05) is 12.1 Å². The Labute approximate surface area is 161 Å². The van der Waals surface area contributed by atoms with E-state index in [2.05, 4.69) is 22.0 Å². The molecule has 0 saturated carbocycles. The van der Waals surface area contributed by atoms with E-state index < -0.39 is 10.0 Å². The van der Waals surface area contributed by atoms with E-state index >= 15 is 0 Å². The lowest BCUT2D eigenvalue weighted by atomic mass is 10.1. The van der Waals surface area contributed by atoms with Crippen LogP contribution in [0.1, 0.15) is 18.4 Å². The van der Waals surface area contributed by atoms with Crippen LogP contribution < -0.4 is 10.0 Å². The minimum atomic E-state index is -3.72. The van der Waals surface area contributed by atoms with E-state index in [1.54, 1.807) is 24.3 Å². The van der Waals surface area contributed by atoms with Crippen LogP contribution in [0.15, 0.2) is 51.9 Å². The Morgan fingerprint density at radius 3 is 2.70 bits per heavy atom. The van der Waals surface area contributed by atoms with E-state index in [0.29, 0.717) is 23.3 Å². The third kappa shape index (κ3) is 3.55. The molecule has 1 aromatic heterocycles. The molecule has 0 radical (unpaired) electrons. The summed E-state index contributed by atoms with van der Waals surface area (Å²) < 4.78 is 28.5. The van der Waals surface area contributed by atoms with Gasteiger partial charge in [0.05, 0.1) is 11.4 Å². The van der Waals surface area contributed by atoms with Crippen molar-refractivity contribution in [3.8, 4) is 11.4 Å². The monoisotopic (exact) mass is 404 g/mol. The Balaban J connectivity index is 1.58. The minimum Gasteiger partial charge on any atom is -0.359 e. The third-order valence-corrected chi connectivity index (χ3v) is 5.78. The summed E-state index contributed by atoms with van der Waals surface area (Å²) in [5, 5.41) is 9.90. The van der Waals surface area contributed by atoms with Crippen molar-refractivity contribution in [3.63, 3.8) is 0 Å². The van der Waals surface area contributed by atoms with Crippen LogP contribution >= 0.6 is 11.6 Å². The second-order valence-electron chi connectivity index (χ2n) is 6.54. The predicted octanol–water partition coefficient (Wildman–Crippen LogP) is 2.99. The molecular weight excluding hydrogens is 388 g/mol. The zero-order valence-electron chi connectivity index (χ0n) is 14.5. The number of fused-ring (bicyclic) bond motifs is 1. The SMILES string of the molecule is C[C@@H]1Cc2cc(S(N)(=O)=O)ccc2N1Cc1nc(-c2ccc(Cl)cc2)no1. The Morgan fingerprint density at radius 1 is 1.26 bits per heavy atom. The number of primary sulfonamides is 1. The van der Waals surface area contributed by atoms with Gasteiger partial charge < -0.3 is 9.42 Å². The van der Waals surface area contributed by atoms with Gasteiger partial charge in [0.15, 0.2) is 0 Å². The quantitative estimate of drug-likeness (QED) is 0.717. The molecule has 3 aromatic rings. The topological polar surface area (TPSA) is 102 Å². The van der Waals surface area contributed by atoms with Gasteiger partial charge in [0.1, 0.15) is 0 Å². The highest BCUT2D eigenvalue weighted by Gasteiger charge is 2.28. The standard InChI is InChI=1S/C18H17ClN4O3S/c1-11-8-13-9-15(27(20,24)25)6-7-16(13)23(11)10-17-21-18(22-26-17)12-2-4-14(19)5-3-12/h2-7,9,11H,8,10H2,1H3,(H2,20,24,25)/t11-/m1/s1. The average molecular weight is 405 g/mol. The lowest BCUT2D eigenvalue weighted by molar-refractivity contribution is 0.374. The van der Waals surface area contributed by atoms with Crippen molar-refractivity contribution >= 4 is 27.3 Å². The zero-order chi connectivity index (χ0) is 19.2. The summed E-state index contributed by atoms with van der Waals surface area (Å²) in [6, 6.07) is 12.3. The maximum Gasteiger partial charge on any atom is 0.246 e. The molecule has 1 aliphatic heterocycles. The van der Waals surface area contributed by atoms with Crippen LogP contribution in [0, 0.1) is 0 Å². The number of rotatable bonds is 4. The Hall–Kier alpha value is -2.42. The summed E-state index contributed by atoms with van der Waals surface area (Å²) in [6.45, 7) is 2.50.